The summed E-state index contributed by atoms with van der Waals surface area (Å²) in [5, 5.41) is 0. The minimum Gasteiger partial charge on any atom is -0.466 e. The quantitative estimate of drug-likeness (QED) is 0.397. The third-order valence-corrected chi connectivity index (χ3v) is 1.78. The van der Waals surface area contributed by atoms with Crippen LogP contribution in [-0.4, -0.2) is 19.0 Å². The minimum atomic E-state index is -0.568. The normalized spacial score (nSPS) is 11.4. The van der Waals surface area contributed by atoms with Crippen molar-refractivity contribution in [3.63, 3.8) is 0 Å². The highest BCUT2D eigenvalue weighted by molar-refractivity contribution is 5.89. The number of ether oxygens (including phenoxy) is 2. The standard InChI is InChI=1S/C11H16O4/c1-5-7-9(15-10(12)6-2)8(3)11(13)14-4/h6H,2,5,7H2,1,3-4H3. The average Bonchev–Trinajstić information content (AvgIpc) is 2.26. The Morgan fingerprint density at radius 3 is 2.40 bits per heavy atom. The summed E-state index contributed by atoms with van der Waals surface area (Å²) in [5.74, 6) is -0.716. The molecule has 0 saturated heterocycles. The van der Waals surface area contributed by atoms with E-state index in [-0.39, 0.29) is 0 Å². The Balaban J connectivity index is 4.83. The van der Waals surface area contributed by atoms with Crippen molar-refractivity contribution >= 4 is 11.9 Å². The lowest BCUT2D eigenvalue weighted by atomic mass is 10.2. The molecule has 0 fully saturated rings. The van der Waals surface area contributed by atoms with E-state index in [9.17, 15) is 9.59 Å². The van der Waals surface area contributed by atoms with E-state index < -0.39 is 11.9 Å². The van der Waals surface area contributed by atoms with Gasteiger partial charge in [0.2, 0.25) is 0 Å². The predicted octanol–water partition coefficient (Wildman–Crippen LogP) is 1.96. The first-order valence-corrected chi connectivity index (χ1v) is 4.69. The van der Waals surface area contributed by atoms with E-state index in [0.29, 0.717) is 17.8 Å². The summed E-state index contributed by atoms with van der Waals surface area (Å²) >= 11 is 0. The van der Waals surface area contributed by atoms with Crippen LogP contribution in [0.3, 0.4) is 0 Å². The van der Waals surface area contributed by atoms with Crippen LogP contribution in [0.5, 0.6) is 0 Å². The summed E-state index contributed by atoms with van der Waals surface area (Å²) < 4.78 is 9.49. The fourth-order valence-electron chi connectivity index (χ4n) is 0.972. The van der Waals surface area contributed by atoms with Gasteiger partial charge in [0.1, 0.15) is 5.76 Å². The highest BCUT2D eigenvalue weighted by Gasteiger charge is 2.13. The second kappa shape index (κ2) is 6.81. The molecule has 0 bridgehead atoms. The van der Waals surface area contributed by atoms with Crippen LogP contribution in [0.1, 0.15) is 26.7 Å². The van der Waals surface area contributed by atoms with Gasteiger partial charge in [-0.3, -0.25) is 0 Å². The summed E-state index contributed by atoms with van der Waals surface area (Å²) in [6.07, 6.45) is 2.34. The Labute approximate surface area is 89.6 Å². The SMILES string of the molecule is C=CC(=O)OC(CCC)=C(C)C(=O)OC. The van der Waals surface area contributed by atoms with Crippen molar-refractivity contribution < 1.29 is 19.1 Å². The molecule has 0 aromatic rings. The minimum absolute atomic E-state index is 0.314. The van der Waals surface area contributed by atoms with Crippen LogP contribution in [0.15, 0.2) is 24.0 Å². The van der Waals surface area contributed by atoms with Crippen molar-refractivity contribution in [2.75, 3.05) is 7.11 Å². The fourth-order valence-corrected chi connectivity index (χ4v) is 0.972. The van der Waals surface area contributed by atoms with Crippen LogP contribution in [-0.2, 0) is 19.1 Å². The summed E-state index contributed by atoms with van der Waals surface area (Å²) in [5.41, 5.74) is 0.314. The molecule has 84 valence electrons. The lowest BCUT2D eigenvalue weighted by Crippen LogP contribution is -2.09. The van der Waals surface area contributed by atoms with E-state index in [0.717, 1.165) is 12.5 Å². The molecule has 0 aliphatic carbocycles. The van der Waals surface area contributed by atoms with Gasteiger partial charge in [0, 0.05) is 12.5 Å². The Hall–Kier alpha value is -1.58. The second-order valence-corrected chi connectivity index (χ2v) is 2.91. The zero-order chi connectivity index (χ0) is 11.8. The van der Waals surface area contributed by atoms with E-state index >= 15 is 0 Å². The van der Waals surface area contributed by atoms with Crippen LogP contribution >= 0.6 is 0 Å². The molecular weight excluding hydrogens is 196 g/mol. The van der Waals surface area contributed by atoms with Crippen molar-refractivity contribution in [2.24, 2.45) is 0 Å². The Morgan fingerprint density at radius 1 is 1.40 bits per heavy atom. The van der Waals surface area contributed by atoms with Crippen LogP contribution < -0.4 is 0 Å². The topological polar surface area (TPSA) is 52.6 Å². The molecule has 0 spiro atoms. The zero-order valence-electron chi connectivity index (χ0n) is 9.33. The van der Waals surface area contributed by atoms with Crippen LogP contribution in [0.25, 0.3) is 0 Å². The highest BCUT2D eigenvalue weighted by Crippen LogP contribution is 2.14. The fraction of sp³-hybridized carbons (Fsp3) is 0.455. The maximum absolute atomic E-state index is 11.2. The molecule has 0 amide bonds. The predicted molar refractivity (Wildman–Crippen MR) is 55.9 cm³/mol. The molecule has 0 atom stereocenters. The molecule has 15 heavy (non-hydrogen) atoms. The van der Waals surface area contributed by atoms with Gasteiger partial charge in [-0.05, 0) is 13.3 Å². The second-order valence-electron chi connectivity index (χ2n) is 2.91. The number of rotatable bonds is 5. The summed E-state index contributed by atoms with van der Waals surface area (Å²) in [6.45, 7) is 6.77. The molecule has 0 aliphatic rings. The Kier molecular flexibility index (Phi) is 6.09. The molecule has 0 N–H and O–H groups in total. The third-order valence-electron chi connectivity index (χ3n) is 1.78. The van der Waals surface area contributed by atoms with Gasteiger partial charge in [-0.25, -0.2) is 9.59 Å². The lowest BCUT2D eigenvalue weighted by molar-refractivity contribution is -0.137. The zero-order valence-corrected chi connectivity index (χ0v) is 9.33. The lowest BCUT2D eigenvalue weighted by Gasteiger charge is -2.09. The number of methoxy groups -OCH3 is 1. The van der Waals surface area contributed by atoms with Gasteiger partial charge in [0.25, 0.3) is 0 Å². The first-order valence-electron chi connectivity index (χ1n) is 4.69. The van der Waals surface area contributed by atoms with Crippen LogP contribution in [0, 0.1) is 0 Å². The number of hydrogen-bond donors (Lipinski definition) is 0. The number of hydrogen-bond acceptors (Lipinski definition) is 4. The van der Waals surface area contributed by atoms with Crippen molar-refractivity contribution in [2.45, 2.75) is 26.7 Å². The Bertz CT molecular complexity index is 289. The maximum Gasteiger partial charge on any atom is 0.336 e. The third kappa shape index (κ3) is 4.44. The molecule has 0 radical (unpaired) electrons. The Morgan fingerprint density at radius 2 is 2.00 bits per heavy atom. The number of carbonyl (C=O) groups is 2. The first kappa shape index (κ1) is 13.4. The molecular formula is C11H16O4. The first-order chi connectivity index (χ1) is 7.06. The maximum atomic E-state index is 11.2. The van der Waals surface area contributed by atoms with Crippen molar-refractivity contribution in [3.05, 3.63) is 24.0 Å². The summed E-state index contributed by atoms with van der Waals surface area (Å²) in [7, 11) is 1.28. The molecule has 0 unspecified atom stereocenters. The monoisotopic (exact) mass is 212 g/mol. The van der Waals surface area contributed by atoms with Crippen LogP contribution in [0.4, 0.5) is 0 Å². The summed E-state index contributed by atoms with van der Waals surface area (Å²) in [6, 6.07) is 0. The molecule has 0 heterocycles. The number of esters is 2. The molecule has 4 nitrogen and oxygen atoms in total. The van der Waals surface area contributed by atoms with E-state index in [1.165, 1.54) is 7.11 Å². The van der Waals surface area contributed by atoms with Gasteiger partial charge >= 0.3 is 11.9 Å². The molecule has 4 heteroatoms. The van der Waals surface area contributed by atoms with E-state index in [4.69, 9.17) is 4.74 Å². The van der Waals surface area contributed by atoms with Gasteiger partial charge in [0.05, 0.1) is 12.7 Å². The van der Waals surface area contributed by atoms with Gasteiger partial charge in [-0.1, -0.05) is 13.5 Å². The average molecular weight is 212 g/mol. The van der Waals surface area contributed by atoms with Crippen molar-refractivity contribution in [1.29, 1.82) is 0 Å². The van der Waals surface area contributed by atoms with Gasteiger partial charge in [-0.2, -0.15) is 0 Å². The summed E-state index contributed by atoms with van der Waals surface area (Å²) in [4.78, 5) is 22.2. The van der Waals surface area contributed by atoms with Crippen molar-refractivity contribution in [1.82, 2.24) is 0 Å². The molecule has 0 rings (SSSR count). The van der Waals surface area contributed by atoms with E-state index in [2.05, 4.69) is 11.3 Å². The number of carbonyl (C=O) groups excluding carboxylic acids is 2. The molecule has 0 saturated carbocycles. The van der Waals surface area contributed by atoms with Gasteiger partial charge in [0.15, 0.2) is 0 Å². The number of allylic oxidation sites excluding steroid dienone is 1. The largest absolute Gasteiger partial charge is 0.466 e. The molecule has 0 aromatic carbocycles. The molecule has 0 aliphatic heterocycles. The highest BCUT2D eigenvalue weighted by atomic mass is 16.5. The smallest absolute Gasteiger partial charge is 0.336 e. The van der Waals surface area contributed by atoms with Crippen LogP contribution in [0.2, 0.25) is 0 Å². The van der Waals surface area contributed by atoms with E-state index in [1.807, 2.05) is 6.92 Å². The van der Waals surface area contributed by atoms with Gasteiger partial charge in [-0.15, -0.1) is 0 Å². The van der Waals surface area contributed by atoms with Gasteiger partial charge < -0.3 is 9.47 Å². The van der Waals surface area contributed by atoms with E-state index in [1.54, 1.807) is 6.92 Å². The molecule has 0 aromatic heterocycles. The van der Waals surface area contributed by atoms with Crippen molar-refractivity contribution in [3.8, 4) is 0 Å².